The van der Waals surface area contributed by atoms with Crippen LogP contribution in [0.25, 0.3) is 10.2 Å². The number of benzene rings is 1. The third-order valence-corrected chi connectivity index (χ3v) is 7.20. The Morgan fingerprint density at radius 2 is 1.81 bits per heavy atom. The Kier molecular flexibility index (Phi) is 3.75. The lowest BCUT2D eigenvalue weighted by molar-refractivity contribution is 0.469. The van der Waals surface area contributed by atoms with Gasteiger partial charge < -0.3 is 4.74 Å². The molecule has 0 radical (unpaired) electrons. The molecule has 3 nitrogen and oxygen atoms in total. The van der Waals surface area contributed by atoms with Gasteiger partial charge in [0.1, 0.15) is 16.8 Å². The number of fused-ring (bicyclic) bond motifs is 1. The highest BCUT2D eigenvalue weighted by Crippen LogP contribution is 2.45. The zero-order valence-electron chi connectivity index (χ0n) is 11.1. The number of aromatic nitrogens is 2. The third-order valence-electron chi connectivity index (χ3n) is 3.20. The highest BCUT2D eigenvalue weighted by Gasteiger charge is 2.18. The maximum atomic E-state index is 5.91. The minimum atomic E-state index is 0.571. The molecule has 0 amide bonds. The molecular weight excluding hydrogens is 320 g/mol. The summed E-state index contributed by atoms with van der Waals surface area (Å²) in [6.07, 6.45) is 1.55. The van der Waals surface area contributed by atoms with Crippen LogP contribution in [0.1, 0.15) is 10.1 Å². The van der Waals surface area contributed by atoms with Crippen molar-refractivity contribution in [1.29, 1.82) is 0 Å². The van der Waals surface area contributed by atoms with Crippen LogP contribution in [0.15, 0.2) is 42.0 Å². The Balaban J connectivity index is 1.58. The molecule has 1 aromatic carbocycles. The van der Waals surface area contributed by atoms with E-state index in [4.69, 9.17) is 4.74 Å². The predicted molar refractivity (Wildman–Crippen MR) is 91.6 cm³/mol. The summed E-state index contributed by atoms with van der Waals surface area (Å²) >= 11 is 5.62. The molecule has 0 saturated carbocycles. The minimum absolute atomic E-state index is 0.571. The lowest BCUT2D eigenvalue weighted by Crippen LogP contribution is -1.90. The van der Waals surface area contributed by atoms with Crippen molar-refractivity contribution in [1.82, 2.24) is 9.97 Å². The zero-order valence-corrected chi connectivity index (χ0v) is 13.5. The Morgan fingerprint density at radius 3 is 2.62 bits per heavy atom. The first-order valence-corrected chi connectivity index (χ1v) is 9.57. The van der Waals surface area contributed by atoms with E-state index >= 15 is 0 Å². The average molecular weight is 332 g/mol. The summed E-state index contributed by atoms with van der Waals surface area (Å²) in [6.45, 7) is 0. The second-order valence-electron chi connectivity index (χ2n) is 4.56. The molecule has 1 saturated heterocycles. The van der Waals surface area contributed by atoms with Crippen molar-refractivity contribution in [3.8, 4) is 11.6 Å². The SMILES string of the molecule is c1nc(Oc2ccc(C3SCCS3)cc2)c2sccc2n1. The van der Waals surface area contributed by atoms with Gasteiger partial charge in [0.05, 0.1) is 10.1 Å². The highest BCUT2D eigenvalue weighted by atomic mass is 32.2. The summed E-state index contributed by atoms with van der Waals surface area (Å²) in [7, 11) is 0. The van der Waals surface area contributed by atoms with Gasteiger partial charge in [-0.1, -0.05) is 12.1 Å². The van der Waals surface area contributed by atoms with E-state index < -0.39 is 0 Å². The molecule has 0 spiro atoms. The molecule has 0 unspecified atom stereocenters. The van der Waals surface area contributed by atoms with Crippen LogP contribution in [0.2, 0.25) is 0 Å². The van der Waals surface area contributed by atoms with E-state index in [1.165, 1.54) is 17.1 Å². The topological polar surface area (TPSA) is 35.0 Å². The van der Waals surface area contributed by atoms with Crippen molar-refractivity contribution in [2.24, 2.45) is 0 Å². The number of nitrogens with zero attached hydrogens (tertiary/aromatic N) is 2. The Labute approximate surface area is 135 Å². The summed E-state index contributed by atoms with van der Waals surface area (Å²) in [6, 6.07) is 10.3. The van der Waals surface area contributed by atoms with E-state index in [1.54, 1.807) is 17.7 Å². The number of hydrogen-bond donors (Lipinski definition) is 0. The van der Waals surface area contributed by atoms with Crippen molar-refractivity contribution in [2.75, 3.05) is 11.5 Å². The standard InChI is InChI=1S/C15H12N2OS3/c1-3-11(4-2-10(1)15-20-7-8-21-15)18-14-13-12(5-6-19-13)16-9-17-14/h1-6,9,15H,7-8H2. The molecule has 6 heteroatoms. The smallest absolute Gasteiger partial charge is 0.240 e. The largest absolute Gasteiger partial charge is 0.437 e. The van der Waals surface area contributed by atoms with E-state index in [1.807, 2.05) is 47.1 Å². The molecule has 4 rings (SSSR count). The normalized spacial score (nSPS) is 15.6. The molecule has 1 aliphatic heterocycles. The fraction of sp³-hybridized carbons (Fsp3) is 0.200. The minimum Gasteiger partial charge on any atom is -0.437 e. The maximum absolute atomic E-state index is 5.91. The van der Waals surface area contributed by atoms with Crippen LogP contribution in [0.5, 0.6) is 11.6 Å². The molecule has 0 bridgehead atoms. The van der Waals surface area contributed by atoms with E-state index in [9.17, 15) is 0 Å². The van der Waals surface area contributed by atoms with Gasteiger partial charge in [0.15, 0.2) is 0 Å². The van der Waals surface area contributed by atoms with Crippen LogP contribution in [-0.4, -0.2) is 21.5 Å². The molecule has 0 aliphatic carbocycles. The van der Waals surface area contributed by atoms with E-state index in [2.05, 4.69) is 22.1 Å². The Hall–Kier alpha value is -1.24. The summed E-state index contributed by atoms with van der Waals surface area (Å²) < 4.78 is 7.47. The van der Waals surface area contributed by atoms with E-state index in [-0.39, 0.29) is 0 Å². The van der Waals surface area contributed by atoms with Crippen molar-refractivity contribution in [3.63, 3.8) is 0 Å². The summed E-state index contributed by atoms with van der Waals surface area (Å²) in [5.41, 5.74) is 2.29. The number of ether oxygens (including phenoxy) is 1. The lowest BCUT2D eigenvalue weighted by Gasteiger charge is -2.10. The van der Waals surface area contributed by atoms with Crippen LogP contribution in [0.4, 0.5) is 0 Å². The van der Waals surface area contributed by atoms with Gasteiger partial charge in [0.25, 0.3) is 0 Å². The molecule has 1 fully saturated rings. The molecule has 0 N–H and O–H groups in total. The molecule has 0 atom stereocenters. The van der Waals surface area contributed by atoms with Crippen molar-refractivity contribution >= 4 is 45.1 Å². The van der Waals surface area contributed by atoms with Gasteiger partial charge in [-0.05, 0) is 29.1 Å². The van der Waals surface area contributed by atoms with Gasteiger partial charge in [-0.2, -0.15) is 0 Å². The lowest BCUT2D eigenvalue weighted by atomic mass is 10.2. The number of hydrogen-bond acceptors (Lipinski definition) is 6. The second kappa shape index (κ2) is 5.87. The first kappa shape index (κ1) is 13.4. The van der Waals surface area contributed by atoms with Gasteiger partial charge in [-0.25, -0.2) is 9.97 Å². The van der Waals surface area contributed by atoms with Crippen molar-refractivity contribution < 1.29 is 4.74 Å². The van der Waals surface area contributed by atoms with Gasteiger partial charge in [-0.3, -0.25) is 0 Å². The fourth-order valence-corrected chi connectivity index (χ4v) is 5.82. The number of thiophene rings is 1. The van der Waals surface area contributed by atoms with E-state index in [0.29, 0.717) is 10.5 Å². The monoisotopic (exact) mass is 332 g/mol. The maximum Gasteiger partial charge on any atom is 0.240 e. The first-order valence-electron chi connectivity index (χ1n) is 6.59. The van der Waals surface area contributed by atoms with Crippen LogP contribution >= 0.6 is 34.9 Å². The fourth-order valence-electron chi connectivity index (χ4n) is 2.19. The number of rotatable bonds is 3. The second-order valence-corrected chi connectivity index (χ2v) is 8.20. The molecular formula is C15H12N2OS3. The molecule has 2 aromatic heterocycles. The Bertz CT molecular complexity index is 751. The quantitative estimate of drug-likeness (QED) is 0.677. The number of thioether (sulfide) groups is 2. The molecule has 3 heterocycles. The van der Waals surface area contributed by atoms with Crippen LogP contribution in [0, 0.1) is 0 Å². The van der Waals surface area contributed by atoms with Gasteiger partial charge in [-0.15, -0.1) is 34.9 Å². The molecule has 21 heavy (non-hydrogen) atoms. The van der Waals surface area contributed by atoms with Crippen LogP contribution in [0.3, 0.4) is 0 Å². The predicted octanol–water partition coefficient (Wildman–Crippen LogP) is 4.96. The van der Waals surface area contributed by atoms with Gasteiger partial charge in [0.2, 0.25) is 5.88 Å². The average Bonchev–Trinajstić information content (AvgIpc) is 3.20. The van der Waals surface area contributed by atoms with Gasteiger partial charge in [0, 0.05) is 11.5 Å². The molecule has 106 valence electrons. The summed E-state index contributed by atoms with van der Waals surface area (Å²) in [5, 5.41) is 2.00. The zero-order chi connectivity index (χ0) is 14.1. The third kappa shape index (κ3) is 2.75. The Morgan fingerprint density at radius 1 is 1.00 bits per heavy atom. The first-order chi connectivity index (χ1) is 10.4. The van der Waals surface area contributed by atoms with Gasteiger partial charge >= 0.3 is 0 Å². The highest BCUT2D eigenvalue weighted by molar-refractivity contribution is 8.19. The molecule has 1 aliphatic rings. The van der Waals surface area contributed by atoms with Crippen molar-refractivity contribution in [2.45, 2.75) is 4.58 Å². The summed E-state index contributed by atoms with van der Waals surface area (Å²) in [4.78, 5) is 8.47. The van der Waals surface area contributed by atoms with Crippen molar-refractivity contribution in [3.05, 3.63) is 47.6 Å². The van der Waals surface area contributed by atoms with E-state index in [0.717, 1.165) is 16.0 Å². The van der Waals surface area contributed by atoms with Crippen LogP contribution in [-0.2, 0) is 0 Å². The molecule has 3 aromatic rings. The summed E-state index contributed by atoms with van der Waals surface area (Å²) in [5.74, 6) is 3.93. The van der Waals surface area contributed by atoms with Crippen LogP contribution < -0.4 is 4.74 Å².